The van der Waals surface area contributed by atoms with Crippen LogP contribution in [-0.2, 0) is 15.6 Å². The third-order valence-corrected chi connectivity index (χ3v) is 4.12. The molecule has 0 saturated heterocycles. The van der Waals surface area contributed by atoms with Gasteiger partial charge in [0.25, 0.3) is 0 Å². The Morgan fingerprint density at radius 2 is 1.88 bits per heavy atom. The lowest BCUT2D eigenvalue weighted by molar-refractivity contribution is 0.247. The summed E-state index contributed by atoms with van der Waals surface area (Å²) in [6.45, 7) is 2.68. The van der Waals surface area contributed by atoms with Gasteiger partial charge in [-0.05, 0) is 42.3 Å². The number of ether oxygens (including phenoxy) is 1. The minimum atomic E-state index is -3.11. The van der Waals surface area contributed by atoms with Crippen LogP contribution >= 0.6 is 0 Å². The van der Waals surface area contributed by atoms with Crippen LogP contribution in [0.1, 0.15) is 11.1 Å². The molecule has 0 spiro atoms. The molecule has 7 heteroatoms. The lowest BCUT2D eigenvalue weighted by Gasteiger charge is -2.10. The number of carbonyl (C=O) groups excluding carboxylic acids is 1. The minimum Gasteiger partial charge on any atom is -0.492 e. The Kier molecular flexibility index (Phi) is 6.41. The maximum absolute atomic E-state index is 11.9. The van der Waals surface area contributed by atoms with Crippen LogP contribution < -0.4 is 15.4 Å². The van der Waals surface area contributed by atoms with Crippen molar-refractivity contribution in [3.63, 3.8) is 0 Å². The number of carbonyl (C=O) groups is 1. The van der Waals surface area contributed by atoms with Gasteiger partial charge in [-0.2, -0.15) is 0 Å². The molecule has 0 atom stereocenters. The molecule has 2 N–H and O–H groups in total. The summed E-state index contributed by atoms with van der Waals surface area (Å²) in [7, 11) is -3.11. The second-order valence-electron chi connectivity index (χ2n) is 5.82. The van der Waals surface area contributed by atoms with Crippen molar-refractivity contribution in [2.45, 2.75) is 12.7 Å². The first kappa shape index (κ1) is 18.8. The first-order chi connectivity index (χ1) is 11.8. The van der Waals surface area contributed by atoms with E-state index < -0.39 is 9.84 Å². The van der Waals surface area contributed by atoms with Crippen LogP contribution in [-0.4, -0.2) is 33.9 Å². The highest BCUT2D eigenvalue weighted by Crippen LogP contribution is 2.13. The van der Waals surface area contributed by atoms with Gasteiger partial charge >= 0.3 is 6.03 Å². The van der Waals surface area contributed by atoms with Gasteiger partial charge < -0.3 is 15.4 Å². The minimum absolute atomic E-state index is 0.0610. The number of aryl methyl sites for hydroxylation is 1. The maximum Gasteiger partial charge on any atom is 0.319 e. The maximum atomic E-state index is 11.9. The van der Waals surface area contributed by atoms with E-state index in [-0.39, 0.29) is 11.8 Å². The Balaban J connectivity index is 1.77. The Morgan fingerprint density at radius 1 is 1.12 bits per heavy atom. The molecule has 0 bridgehead atoms. The van der Waals surface area contributed by atoms with Gasteiger partial charge in [0.1, 0.15) is 12.4 Å². The molecule has 0 heterocycles. The fraction of sp³-hybridized carbons (Fsp3) is 0.278. The van der Waals surface area contributed by atoms with Crippen LogP contribution in [0.3, 0.4) is 0 Å². The van der Waals surface area contributed by atoms with Crippen LogP contribution in [0, 0.1) is 6.92 Å². The van der Waals surface area contributed by atoms with Crippen molar-refractivity contribution in [1.82, 2.24) is 5.32 Å². The highest BCUT2D eigenvalue weighted by atomic mass is 32.2. The monoisotopic (exact) mass is 362 g/mol. The molecule has 0 aliphatic rings. The molecule has 2 rings (SSSR count). The molecule has 2 aromatic carbocycles. The van der Waals surface area contributed by atoms with E-state index in [1.807, 2.05) is 31.2 Å². The largest absolute Gasteiger partial charge is 0.492 e. The van der Waals surface area contributed by atoms with Crippen molar-refractivity contribution in [3.05, 3.63) is 59.7 Å². The van der Waals surface area contributed by atoms with Crippen molar-refractivity contribution < 1.29 is 17.9 Å². The van der Waals surface area contributed by atoms with Gasteiger partial charge in [0.15, 0.2) is 9.84 Å². The molecule has 0 aliphatic carbocycles. The number of hydrogen-bond acceptors (Lipinski definition) is 4. The van der Waals surface area contributed by atoms with E-state index in [0.29, 0.717) is 24.4 Å². The summed E-state index contributed by atoms with van der Waals surface area (Å²) in [6.07, 6.45) is 1.17. The van der Waals surface area contributed by atoms with E-state index in [1.54, 1.807) is 24.3 Å². The van der Waals surface area contributed by atoms with E-state index in [2.05, 4.69) is 10.6 Å². The van der Waals surface area contributed by atoms with Crippen LogP contribution in [0.2, 0.25) is 0 Å². The van der Waals surface area contributed by atoms with Crippen LogP contribution in [0.4, 0.5) is 10.5 Å². The summed E-state index contributed by atoms with van der Waals surface area (Å²) >= 11 is 0. The number of nitrogens with one attached hydrogen (secondary N) is 2. The molecule has 134 valence electrons. The highest BCUT2D eigenvalue weighted by molar-refractivity contribution is 7.89. The van der Waals surface area contributed by atoms with Crippen molar-refractivity contribution in [3.8, 4) is 5.75 Å². The van der Waals surface area contributed by atoms with Gasteiger partial charge in [-0.25, -0.2) is 13.2 Å². The van der Waals surface area contributed by atoms with Crippen LogP contribution in [0.15, 0.2) is 48.5 Å². The van der Waals surface area contributed by atoms with E-state index in [4.69, 9.17) is 4.74 Å². The summed E-state index contributed by atoms with van der Waals surface area (Å²) in [5.74, 6) is 0.699. The number of anilines is 1. The van der Waals surface area contributed by atoms with Crippen LogP contribution in [0.25, 0.3) is 0 Å². The summed E-state index contributed by atoms with van der Waals surface area (Å²) in [5.41, 5.74) is 2.28. The number of hydrogen-bond donors (Lipinski definition) is 2. The molecule has 0 radical (unpaired) electrons. The Labute approximate surface area is 148 Å². The third kappa shape index (κ3) is 7.26. The summed E-state index contributed by atoms with van der Waals surface area (Å²) in [6, 6.07) is 14.1. The molecule has 0 saturated carbocycles. The first-order valence-electron chi connectivity index (χ1n) is 7.83. The number of rotatable bonds is 7. The average molecular weight is 362 g/mol. The summed E-state index contributed by atoms with van der Waals surface area (Å²) in [5, 5.41) is 5.37. The standard InChI is InChI=1S/C18H22N2O4S/c1-14-5-3-8-17(11-14)24-10-9-19-18(21)20-16-7-4-6-15(12-16)13-25(2,22)23/h3-8,11-12H,9-10,13H2,1-2H3,(H2,19,20,21). The second-order valence-corrected chi connectivity index (χ2v) is 7.96. The highest BCUT2D eigenvalue weighted by Gasteiger charge is 2.06. The van der Waals surface area contributed by atoms with E-state index >= 15 is 0 Å². The Hall–Kier alpha value is -2.54. The van der Waals surface area contributed by atoms with Gasteiger partial charge in [-0.15, -0.1) is 0 Å². The van der Waals surface area contributed by atoms with E-state index in [9.17, 15) is 13.2 Å². The smallest absolute Gasteiger partial charge is 0.319 e. The molecule has 0 aliphatic heterocycles. The lowest BCUT2D eigenvalue weighted by Crippen LogP contribution is -2.32. The Morgan fingerprint density at radius 3 is 2.60 bits per heavy atom. The fourth-order valence-corrected chi connectivity index (χ4v) is 3.04. The normalized spacial score (nSPS) is 11.0. The lowest BCUT2D eigenvalue weighted by atomic mass is 10.2. The predicted molar refractivity (Wildman–Crippen MR) is 98.7 cm³/mol. The van der Waals surface area contributed by atoms with E-state index in [1.165, 1.54) is 6.26 Å². The van der Waals surface area contributed by atoms with Crippen LogP contribution in [0.5, 0.6) is 5.75 Å². The second kappa shape index (κ2) is 8.53. The number of sulfone groups is 1. The molecule has 2 amide bonds. The van der Waals surface area contributed by atoms with Crippen molar-refractivity contribution in [2.75, 3.05) is 24.7 Å². The molecular weight excluding hydrogens is 340 g/mol. The van der Waals surface area contributed by atoms with Crippen molar-refractivity contribution in [1.29, 1.82) is 0 Å². The van der Waals surface area contributed by atoms with Crippen molar-refractivity contribution in [2.24, 2.45) is 0 Å². The third-order valence-electron chi connectivity index (χ3n) is 3.26. The quantitative estimate of drug-likeness (QED) is 0.742. The molecule has 2 aromatic rings. The zero-order valence-electron chi connectivity index (χ0n) is 14.3. The molecule has 0 fully saturated rings. The summed E-state index contributed by atoms with van der Waals surface area (Å²) < 4.78 is 28.2. The first-order valence-corrected chi connectivity index (χ1v) is 9.89. The van der Waals surface area contributed by atoms with E-state index in [0.717, 1.165) is 11.3 Å². The SMILES string of the molecule is Cc1cccc(OCCNC(=O)Nc2cccc(CS(C)(=O)=O)c2)c1. The molecule has 25 heavy (non-hydrogen) atoms. The van der Waals surface area contributed by atoms with Crippen molar-refractivity contribution >= 4 is 21.6 Å². The van der Waals surface area contributed by atoms with Gasteiger partial charge in [0.2, 0.25) is 0 Å². The molecule has 0 aromatic heterocycles. The fourth-order valence-electron chi connectivity index (χ4n) is 2.26. The molecule has 6 nitrogen and oxygen atoms in total. The van der Waals surface area contributed by atoms with Gasteiger partial charge in [-0.1, -0.05) is 24.3 Å². The average Bonchev–Trinajstić information content (AvgIpc) is 2.50. The zero-order chi connectivity index (χ0) is 18.3. The number of urea groups is 1. The summed E-state index contributed by atoms with van der Waals surface area (Å²) in [4.78, 5) is 11.9. The van der Waals surface area contributed by atoms with Gasteiger partial charge in [0, 0.05) is 11.9 Å². The molecule has 0 unspecified atom stereocenters. The number of amides is 2. The molecular formula is C18H22N2O4S. The topological polar surface area (TPSA) is 84.5 Å². The number of benzene rings is 2. The predicted octanol–water partition coefficient (Wildman–Crippen LogP) is 2.74. The van der Waals surface area contributed by atoms with Gasteiger partial charge in [-0.3, -0.25) is 0 Å². The Bertz CT molecular complexity index is 834. The zero-order valence-corrected chi connectivity index (χ0v) is 15.1. The van der Waals surface area contributed by atoms with Gasteiger partial charge in [0.05, 0.1) is 12.3 Å².